The highest BCUT2D eigenvalue weighted by atomic mass is 16.6. The zero-order valence-corrected chi connectivity index (χ0v) is 17.5. The van der Waals surface area contributed by atoms with Crippen LogP contribution in [-0.4, -0.2) is 60.3 Å². The molecule has 28 heavy (non-hydrogen) atoms. The fourth-order valence-electron chi connectivity index (χ4n) is 3.52. The van der Waals surface area contributed by atoms with Gasteiger partial charge in [-0.2, -0.15) is 0 Å². The number of piperidine rings is 1. The smallest absolute Gasteiger partial charge is 0.410 e. The summed E-state index contributed by atoms with van der Waals surface area (Å²) < 4.78 is 5.48. The Morgan fingerprint density at radius 1 is 1.21 bits per heavy atom. The van der Waals surface area contributed by atoms with E-state index < -0.39 is 5.60 Å². The van der Waals surface area contributed by atoms with Gasteiger partial charge in [0.2, 0.25) is 0 Å². The van der Waals surface area contributed by atoms with Gasteiger partial charge in [-0.1, -0.05) is 12.1 Å². The molecule has 0 atom stereocenters. The van der Waals surface area contributed by atoms with Crippen LogP contribution >= 0.6 is 0 Å². The number of carbonyl (C=O) groups is 1. The maximum absolute atomic E-state index is 12.2. The van der Waals surface area contributed by atoms with Crippen molar-refractivity contribution in [3.8, 4) is 0 Å². The van der Waals surface area contributed by atoms with Crippen molar-refractivity contribution in [2.75, 3.05) is 43.9 Å². The van der Waals surface area contributed by atoms with Gasteiger partial charge in [0.05, 0.1) is 11.0 Å². The number of nitrogens with one attached hydrogen (secondary N) is 1. The average molecular weight is 386 g/mol. The summed E-state index contributed by atoms with van der Waals surface area (Å²) in [6.45, 7) is 8.04. The Morgan fingerprint density at radius 2 is 1.82 bits per heavy atom. The molecule has 1 amide bonds. The van der Waals surface area contributed by atoms with Crippen molar-refractivity contribution in [2.45, 2.75) is 39.2 Å². The molecule has 1 aliphatic heterocycles. The topological polar surface area (TPSA) is 70.6 Å². The molecule has 0 radical (unpaired) electrons. The van der Waals surface area contributed by atoms with E-state index in [1.807, 2.05) is 57.0 Å². The predicted molar refractivity (Wildman–Crippen MR) is 113 cm³/mol. The van der Waals surface area contributed by atoms with E-state index in [9.17, 15) is 4.79 Å². The molecular weight excluding hydrogens is 354 g/mol. The standard InChI is InChI=1S/C21H31N5O2/c1-21(2,3)28-20(27)26-12-10-15(11-13-26)14-25(5)19-18(22-4)23-16-8-6-7-9-17(16)24-19/h6-9,15H,10-14H2,1-5H3,(H,22,23). The quantitative estimate of drug-likeness (QED) is 0.864. The Hall–Kier alpha value is -2.57. The van der Waals surface area contributed by atoms with Gasteiger partial charge in [0.15, 0.2) is 11.6 Å². The summed E-state index contributed by atoms with van der Waals surface area (Å²) in [6.07, 6.45) is 1.70. The first kappa shape index (κ1) is 20.2. The van der Waals surface area contributed by atoms with Crippen LogP contribution in [0.15, 0.2) is 24.3 Å². The number of hydrogen-bond acceptors (Lipinski definition) is 6. The van der Waals surface area contributed by atoms with Crippen molar-refractivity contribution in [2.24, 2.45) is 5.92 Å². The lowest BCUT2D eigenvalue weighted by Crippen LogP contribution is -2.43. The normalized spacial score (nSPS) is 15.5. The van der Waals surface area contributed by atoms with Gasteiger partial charge in [-0.25, -0.2) is 14.8 Å². The van der Waals surface area contributed by atoms with Crippen molar-refractivity contribution < 1.29 is 9.53 Å². The summed E-state index contributed by atoms with van der Waals surface area (Å²) in [5, 5.41) is 3.16. The van der Waals surface area contributed by atoms with Crippen LogP contribution in [0.4, 0.5) is 16.4 Å². The fourth-order valence-corrected chi connectivity index (χ4v) is 3.52. The van der Waals surface area contributed by atoms with Crippen LogP contribution in [0.3, 0.4) is 0 Å². The molecule has 1 N–H and O–H groups in total. The molecule has 0 unspecified atom stereocenters. The summed E-state index contributed by atoms with van der Waals surface area (Å²) in [5.41, 5.74) is 1.32. The molecule has 0 spiro atoms. The number of aromatic nitrogens is 2. The number of anilines is 2. The molecule has 2 heterocycles. The Bertz CT molecular complexity index is 825. The third-order valence-corrected chi connectivity index (χ3v) is 4.95. The largest absolute Gasteiger partial charge is 0.444 e. The van der Waals surface area contributed by atoms with Crippen molar-refractivity contribution in [3.63, 3.8) is 0 Å². The number of carbonyl (C=O) groups excluding carboxylic acids is 1. The van der Waals surface area contributed by atoms with Gasteiger partial charge in [0.1, 0.15) is 5.60 Å². The van der Waals surface area contributed by atoms with Crippen LogP contribution in [0, 0.1) is 5.92 Å². The first-order valence-electron chi connectivity index (χ1n) is 9.90. The molecule has 7 heteroatoms. The molecule has 2 aromatic rings. The Morgan fingerprint density at radius 3 is 2.39 bits per heavy atom. The lowest BCUT2D eigenvalue weighted by atomic mass is 9.96. The molecule has 1 saturated heterocycles. The van der Waals surface area contributed by atoms with Crippen LogP contribution in [0.2, 0.25) is 0 Å². The molecule has 0 aliphatic carbocycles. The van der Waals surface area contributed by atoms with Gasteiger partial charge in [0, 0.05) is 33.7 Å². The number of hydrogen-bond donors (Lipinski definition) is 1. The molecule has 0 bridgehead atoms. The van der Waals surface area contributed by atoms with Crippen LogP contribution < -0.4 is 10.2 Å². The number of benzene rings is 1. The molecule has 7 nitrogen and oxygen atoms in total. The lowest BCUT2D eigenvalue weighted by molar-refractivity contribution is 0.0186. The summed E-state index contributed by atoms with van der Waals surface area (Å²) in [6, 6.07) is 7.91. The molecule has 152 valence electrons. The summed E-state index contributed by atoms with van der Waals surface area (Å²) >= 11 is 0. The Kier molecular flexibility index (Phi) is 5.91. The van der Waals surface area contributed by atoms with E-state index in [1.165, 1.54) is 0 Å². The maximum atomic E-state index is 12.2. The van der Waals surface area contributed by atoms with Crippen LogP contribution in [0.25, 0.3) is 11.0 Å². The minimum Gasteiger partial charge on any atom is -0.444 e. The SMILES string of the molecule is CNc1nc2ccccc2nc1N(C)CC1CCN(C(=O)OC(C)(C)C)CC1. The number of rotatable bonds is 4. The molecule has 1 aliphatic rings. The number of fused-ring (bicyclic) bond motifs is 1. The number of ether oxygens (including phenoxy) is 1. The minimum atomic E-state index is -0.452. The Labute approximate surface area is 167 Å². The number of nitrogens with zero attached hydrogens (tertiary/aromatic N) is 4. The lowest BCUT2D eigenvalue weighted by Gasteiger charge is -2.35. The zero-order chi connectivity index (χ0) is 20.3. The number of likely N-dealkylation sites (tertiary alicyclic amines) is 1. The minimum absolute atomic E-state index is 0.211. The molecule has 1 fully saturated rings. The highest BCUT2D eigenvalue weighted by molar-refractivity contribution is 5.80. The average Bonchev–Trinajstić information content (AvgIpc) is 2.66. The number of para-hydroxylation sites is 2. The van der Waals surface area contributed by atoms with Gasteiger partial charge in [-0.3, -0.25) is 0 Å². The van der Waals surface area contributed by atoms with Crippen molar-refractivity contribution >= 4 is 28.8 Å². The van der Waals surface area contributed by atoms with Crippen LogP contribution in [0.5, 0.6) is 0 Å². The third-order valence-electron chi connectivity index (χ3n) is 4.95. The van der Waals surface area contributed by atoms with E-state index in [0.717, 1.165) is 55.1 Å². The van der Waals surface area contributed by atoms with E-state index >= 15 is 0 Å². The maximum Gasteiger partial charge on any atom is 0.410 e. The second kappa shape index (κ2) is 8.20. The van der Waals surface area contributed by atoms with E-state index in [2.05, 4.69) is 17.3 Å². The second-order valence-electron chi connectivity index (χ2n) is 8.43. The Balaban J connectivity index is 1.62. The predicted octanol–water partition coefficient (Wildman–Crippen LogP) is 3.75. The molecule has 1 aromatic heterocycles. The van der Waals surface area contributed by atoms with E-state index in [4.69, 9.17) is 14.7 Å². The van der Waals surface area contributed by atoms with Crippen LogP contribution in [0.1, 0.15) is 33.6 Å². The first-order chi connectivity index (χ1) is 13.3. The van der Waals surface area contributed by atoms with Crippen LogP contribution in [-0.2, 0) is 4.74 Å². The van der Waals surface area contributed by atoms with Crippen molar-refractivity contribution in [1.29, 1.82) is 0 Å². The zero-order valence-electron chi connectivity index (χ0n) is 17.5. The van der Waals surface area contributed by atoms with Crippen molar-refractivity contribution in [1.82, 2.24) is 14.9 Å². The number of amides is 1. The van der Waals surface area contributed by atoms with Gasteiger partial charge in [-0.05, 0) is 51.7 Å². The van der Waals surface area contributed by atoms with E-state index in [0.29, 0.717) is 5.92 Å². The van der Waals surface area contributed by atoms with E-state index in [1.54, 1.807) is 0 Å². The highest BCUT2D eigenvalue weighted by Crippen LogP contribution is 2.27. The molecular formula is C21H31N5O2. The van der Waals surface area contributed by atoms with Gasteiger partial charge in [0.25, 0.3) is 0 Å². The molecule has 3 rings (SSSR count). The monoisotopic (exact) mass is 385 g/mol. The summed E-state index contributed by atoms with van der Waals surface area (Å²) in [5.74, 6) is 2.14. The first-order valence-corrected chi connectivity index (χ1v) is 9.90. The third kappa shape index (κ3) is 4.82. The van der Waals surface area contributed by atoms with Crippen molar-refractivity contribution in [3.05, 3.63) is 24.3 Å². The van der Waals surface area contributed by atoms with Gasteiger partial charge in [-0.15, -0.1) is 0 Å². The van der Waals surface area contributed by atoms with Gasteiger partial charge < -0.3 is 19.9 Å². The van der Waals surface area contributed by atoms with Gasteiger partial charge >= 0.3 is 6.09 Å². The summed E-state index contributed by atoms with van der Waals surface area (Å²) in [4.78, 5) is 25.7. The van der Waals surface area contributed by atoms with E-state index in [-0.39, 0.29) is 6.09 Å². The fraction of sp³-hybridized carbons (Fsp3) is 0.571. The summed E-state index contributed by atoms with van der Waals surface area (Å²) in [7, 11) is 3.93. The highest BCUT2D eigenvalue weighted by Gasteiger charge is 2.28. The second-order valence-corrected chi connectivity index (χ2v) is 8.43. The molecule has 0 saturated carbocycles. The molecule has 1 aromatic carbocycles.